The fourth-order valence-corrected chi connectivity index (χ4v) is 2.93. The van der Waals surface area contributed by atoms with Gasteiger partial charge in [-0.1, -0.05) is 0 Å². The zero-order valence-corrected chi connectivity index (χ0v) is 11.8. The number of hydrogen-bond acceptors (Lipinski definition) is 5. The van der Waals surface area contributed by atoms with Crippen LogP contribution in [0.3, 0.4) is 0 Å². The minimum atomic E-state index is -0.0538. The second kappa shape index (κ2) is 5.18. The van der Waals surface area contributed by atoms with Crippen molar-refractivity contribution in [1.29, 1.82) is 0 Å². The molecule has 1 fully saturated rings. The molecule has 4 rings (SSSR count). The molecule has 3 aromatic rings. The average Bonchev–Trinajstić information content (AvgIpc) is 3.22. The first-order valence-electron chi connectivity index (χ1n) is 7.20. The molecule has 22 heavy (non-hydrogen) atoms. The maximum absolute atomic E-state index is 12.9. The third kappa shape index (κ3) is 2.02. The smallest absolute Gasteiger partial charge is 0.259 e. The number of aromatic nitrogens is 5. The predicted molar refractivity (Wildman–Crippen MR) is 78.0 cm³/mol. The molecule has 7 nitrogen and oxygen atoms in total. The summed E-state index contributed by atoms with van der Waals surface area (Å²) in [6, 6.07) is 1.76. The van der Waals surface area contributed by atoms with Gasteiger partial charge in [0.15, 0.2) is 5.65 Å². The van der Waals surface area contributed by atoms with Crippen molar-refractivity contribution in [3.8, 4) is 0 Å². The maximum atomic E-state index is 12.9. The lowest BCUT2D eigenvalue weighted by Gasteiger charge is -2.23. The van der Waals surface area contributed by atoms with Crippen molar-refractivity contribution in [3.05, 3.63) is 54.5 Å². The number of likely N-dealkylation sites (tertiary alicyclic amines) is 1. The van der Waals surface area contributed by atoms with Crippen molar-refractivity contribution in [3.63, 3.8) is 0 Å². The molecule has 0 N–H and O–H groups in total. The van der Waals surface area contributed by atoms with Crippen LogP contribution in [0.1, 0.15) is 34.9 Å². The molecule has 0 radical (unpaired) electrons. The van der Waals surface area contributed by atoms with Crippen LogP contribution in [0.2, 0.25) is 0 Å². The van der Waals surface area contributed by atoms with E-state index in [0.29, 0.717) is 17.8 Å². The Morgan fingerprint density at radius 2 is 2.14 bits per heavy atom. The predicted octanol–water partition coefficient (Wildman–Crippen LogP) is 1.50. The number of carbonyl (C=O) groups excluding carboxylic acids is 1. The molecule has 0 spiro atoms. The summed E-state index contributed by atoms with van der Waals surface area (Å²) in [7, 11) is 0. The van der Waals surface area contributed by atoms with Gasteiger partial charge in [-0.05, 0) is 18.9 Å². The maximum Gasteiger partial charge on any atom is 0.259 e. The first kappa shape index (κ1) is 12.9. The van der Waals surface area contributed by atoms with Gasteiger partial charge in [-0.2, -0.15) is 5.10 Å². The molecule has 4 heterocycles. The Morgan fingerprint density at radius 1 is 1.18 bits per heavy atom. The summed E-state index contributed by atoms with van der Waals surface area (Å²) in [6.45, 7) is 0.713. The second-order valence-corrected chi connectivity index (χ2v) is 5.23. The molecule has 3 aromatic heterocycles. The van der Waals surface area contributed by atoms with E-state index >= 15 is 0 Å². The van der Waals surface area contributed by atoms with E-state index in [-0.39, 0.29) is 11.9 Å². The summed E-state index contributed by atoms with van der Waals surface area (Å²) in [6.07, 6.45) is 11.9. The topological polar surface area (TPSA) is 76.3 Å². The SMILES string of the molecule is O=C(c1cnn2cccnc12)N1CCCC1c1cnccn1. The Labute approximate surface area is 126 Å². The third-order valence-electron chi connectivity index (χ3n) is 3.95. The normalized spacial score (nSPS) is 18.0. The summed E-state index contributed by atoms with van der Waals surface area (Å²) in [5, 5.41) is 4.19. The van der Waals surface area contributed by atoms with Gasteiger partial charge in [-0.15, -0.1) is 0 Å². The summed E-state index contributed by atoms with van der Waals surface area (Å²) in [5.74, 6) is -0.0538. The Bertz CT molecular complexity index is 815. The molecular weight excluding hydrogens is 280 g/mol. The van der Waals surface area contributed by atoms with Gasteiger partial charge in [-0.3, -0.25) is 14.8 Å². The molecule has 1 aliphatic heterocycles. The molecule has 7 heteroatoms. The van der Waals surface area contributed by atoms with Gasteiger partial charge in [0, 0.05) is 31.3 Å². The number of hydrogen-bond donors (Lipinski definition) is 0. The van der Waals surface area contributed by atoms with E-state index in [2.05, 4.69) is 20.1 Å². The molecule has 1 aliphatic rings. The van der Waals surface area contributed by atoms with Crippen LogP contribution < -0.4 is 0 Å². The van der Waals surface area contributed by atoms with Crippen molar-refractivity contribution in [2.24, 2.45) is 0 Å². The lowest BCUT2D eigenvalue weighted by molar-refractivity contribution is 0.0734. The first-order valence-corrected chi connectivity index (χ1v) is 7.20. The number of carbonyl (C=O) groups is 1. The lowest BCUT2D eigenvalue weighted by Crippen LogP contribution is -2.31. The Hall–Kier alpha value is -2.83. The van der Waals surface area contributed by atoms with Crippen molar-refractivity contribution in [2.75, 3.05) is 6.54 Å². The average molecular weight is 294 g/mol. The summed E-state index contributed by atoms with van der Waals surface area (Å²) < 4.78 is 1.61. The van der Waals surface area contributed by atoms with Gasteiger partial charge in [-0.25, -0.2) is 9.50 Å². The zero-order chi connectivity index (χ0) is 14.9. The highest BCUT2D eigenvalue weighted by Crippen LogP contribution is 2.32. The van der Waals surface area contributed by atoms with Crippen LogP contribution in [0.25, 0.3) is 5.65 Å². The first-order chi connectivity index (χ1) is 10.8. The standard InChI is InChI=1S/C15H14N6O/c22-15(11-9-19-21-8-2-4-18-14(11)21)20-7-1-3-13(20)12-10-16-5-6-17-12/h2,4-6,8-10,13H,1,3,7H2. The van der Waals surface area contributed by atoms with Gasteiger partial charge in [0.05, 0.1) is 24.1 Å². The minimum Gasteiger partial charge on any atom is -0.330 e. The van der Waals surface area contributed by atoms with E-state index in [0.717, 1.165) is 18.5 Å². The molecule has 110 valence electrons. The van der Waals surface area contributed by atoms with E-state index < -0.39 is 0 Å². The van der Waals surface area contributed by atoms with Gasteiger partial charge in [0.2, 0.25) is 0 Å². The van der Waals surface area contributed by atoms with Gasteiger partial charge >= 0.3 is 0 Å². The summed E-state index contributed by atoms with van der Waals surface area (Å²) in [5.41, 5.74) is 1.94. The fraction of sp³-hybridized carbons (Fsp3) is 0.267. The van der Waals surface area contributed by atoms with Crippen LogP contribution in [0.15, 0.2) is 43.2 Å². The molecule has 1 amide bonds. The number of amides is 1. The molecule has 0 aromatic carbocycles. The molecule has 1 unspecified atom stereocenters. The molecule has 1 saturated heterocycles. The Balaban J connectivity index is 1.70. The number of nitrogens with zero attached hydrogens (tertiary/aromatic N) is 6. The van der Waals surface area contributed by atoms with E-state index in [1.165, 1.54) is 0 Å². The number of fused-ring (bicyclic) bond motifs is 1. The quantitative estimate of drug-likeness (QED) is 0.716. The van der Waals surface area contributed by atoms with Crippen molar-refractivity contribution in [2.45, 2.75) is 18.9 Å². The molecular formula is C15H14N6O. The molecule has 0 bridgehead atoms. The van der Waals surface area contributed by atoms with Gasteiger partial charge < -0.3 is 4.90 Å². The van der Waals surface area contributed by atoms with E-state index in [1.807, 2.05) is 4.90 Å². The summed E-state index contributed by atoms with van der Waals surface area (Å²) >= 11 is 0. The van der Waals surface area contributed by atoms with Crippen LogP contribution >= 0.6 is 0 Å². The van der Waals surface area contributed by atoms with E-state index in [1.54, 1.807) is 47.8 Å². The van der Waals surface area contributed by atoms with Gasteiger partial charge in [0.1, 0.15) is 5.56 Å². The third-order valence-corrected chi connectivity index (χ3v) is 3.95. The molecule has 1 atom stereocenters. The molecule has 0 aliphatic carbocycles. The molecule has 0 saturated carbocycles. The van der Waals surface area contributed by atoms with E-state index in [4.69, 9.17) is 0 Å². The largest absolute Gasteiger partial charge is 0.330 e. The Morgan fingerprint density at radius 3 is 3.00 bits per heavy atom. The highest BCUT2D eigenvalue weighted by molar-refractivity contribution is 5.99. The van der Waals surface area contributed by atoms with Crippen LogP contribution in [0.5, 0.6) is 0 Å². The highest BCUT2D eigenvalue weighted by Gasteiger charge is 2.33. The van der Waals surface area contributed by atoms with Crippen molar-refractivity contribution >= 4 is 11.6 Å². The van der Waals surface area contributed by atoms with Crippen LogP contribution in [0.4, 0.5) is 0 Å². The summed E-state index contributed by atoms with van der Waals surface area (Å²) in [4.78, 5) is 27.4. The van der Waals surface area contributed by atoms with Crippen molar-refractivity contribution < 1.29 is 4.79 Å². The van der Waals surface area contributed by atoms with Gasteiger partial charge in [0.25, 0.3) is 5.91 Å². The van der Waals surface area contributed by atoms with Crippen molar-refractivity contribution in [1.82, 2.24) is 29.5 Å². The lowest BCUT2D eigenvalue weighted by atomic mass is 10.1. The van der Waals surface area contributed by atoms with Crippen LogP contribution in [-0.4, -0.2) is 41.9 Å². The number of rotatable bonds is 2. The Kier molecular flexibility index (Phi) is 3.03. The minimum absolute atomic E-state index is 0.0279. The van der Waals surface area contributed by atoms with Crippen LogP contribution in [0, 0.1) is 0 Å². The van der Waals surface area contributed by atoms with E-state index in [9.17, 15) is 4.79 Å². The zero-order valence-electron chi connectivity index (χ0n) is 11.8. The fourth-order valence-electron chi connectivity index (χ4n) is 2.93. The monoisotopic (exact) mass is 294 g/mol. The second-order valence-electron chi connectivity index (χ2n) is 5.23. The van der Waals surface area contributed by atoms with Crippen LogP contribution in [-0.2, 0) is 0 Å². The highest BCUT2D eigenvalue weighted by atomic mass is 16.2.